The predicted octanol–water partition coefficient (Wildman–Crippen LogP) is 1.25. The number of hydrogen-bond acceptors (Lipinski definition) is 3. The van der Waals surface area contributed by atoms with E-state index >= 15 is 0 Å². The molecule has 0 N–H and O–H groups in total. The van der Waals surface area contributed by atoms with Gasteiger partial charge in [0.25, 0.3) is 0 Å². The normalized spacial score (nSPS) is 33.7. The lowest BCUT2D eigenvalue weighted by Gasteiger charge is -2.13. The largest absolute Gasteiger partial charge is 0.465 e. The minimum atomic E-state index is -0.694. The van der Waals surface area contributed by atoms with Gasteiger partial charge in [-0.05, 0) is 12.8 Å². The molecular formula is C8H11BrO3. The van der Waals surface area contributed by atoms with Crippen molar-refractivity contribution < 1.29 is 14.3 Å². The molecule has 1 heterocycles. The molecule has 1 aliphatic carbocycles. The highest BCUT2D eigenvalue weighted by atomic mass is 79.9. The summed E-state index contributed by atoms with van der Waals surface area (Å²) in [6, 6.07) is 0. The lowest BCUT2D eigenvalue weighted by atomic mass is 9.84. The molecule has 0 radical (unpaired) electrons. The van der Waals surface area contributed by atoms with Crippen LogP contribution in [0.2, 0.25) is 0 Å². The van der Waals surface area contributed by atoms with Gasteiger partial charge < -0.3 is 4.74 Å². The first-order valence-corrected chi connectivity index (χ1v) is 3.96. The van der Waals surface area contributed by atoms with E-state index in [1.807, 2.05) is 0 Å². The Bertz CT molecular complexity index is 200. The van der Waals surface area contributed by atoms with Crippen LogP contribution in [0.15, 0.2) is 0 Å². The predicted molar refractivity (Wildman–Crippen MR) is 47.2 cm³/mol. The van der Waals surface area contributed by atoms with Crippen molar-refractivity contribution in [2.24, 2.45) is 5.41 Å². The fraction of sp³-hybridized carbons (Fsp3) is 0.750. The van der Waals surface area contributed by atoms with E-state index in [0.717, 1.165) is 6.42 Å². The van der Waals surface area contributed by atoms with Crippen LogP contribution in [0.4, 0.5) is 0 Å². The summed E-state index contributed by atoms with van der Waals surface area (Å²) in [5, 5.41) is 0. The Morgan fingerprint density at radius 3 is 2.42 bits per heavy atom. The number of esters is 1. The molecule has 2 rings (SSSR count). The van der Waals surface area contributed by atoms with Crippen molar-refractivity contribution in [3.05, 3.63) is 0 Å². The van der Waals surface area contributed by atoms with E-state index in [4.69, 9.17) is 4.74 Å². The molecule has 0 aromatic rings. The molecule has 1 aliphatic heterocycles. The second kappa shape index (κ2) is 3.17. The third-order valence-corrected chi connectivity index (χ3v) is 2.69. The fourth-order valence-corrected chi connectivity index (χ4v) is 1.97. The van der Waals surface area contributed by atoms with Crippen molar-refractivity contribution in [1.29, 1.82) is 0 Å². The molecule has 2 aliphatic rings. The van der Waals surface area contributed by atoms with Crippen molar-refractivity contribution in [2.45, 2.75) is 25.7 Å². The van der Waals surface area contributed by atoms with E-state index in [2.05, 4.69) is 0 Å². The number of cyclic esters (lactones) is 1. The Balaban J connectivity index is 0.000000720. The molecular weight excluding hydrogens is 224 g/mol. The number of halogens is 1. The highest BCUT2D eigenvalue weighted by Crippen LogP contribution is 2.42. The van der Waals surface area contributed by atoms with Gasteiger partial charge in [-0.2, -0.15) is 0 Å². The molecule has 0 amide bonds. The maximum absolute atomic E-state index is 11.3. The van der Waals surface area contributed by atoms with Gasteiger partial charge in [0.05, 0.1) is 6.61 Å². The van der Waals surface area contributed by atoms with Gasteiger partial charge in [0.1, 0.15) is 11.2 Å². The topological polar surface area (TPSA) is 43.4 Å². The Morgan fingerprint density at radius 1 is 1.25 bits per heavy atom. The number of ether oxygens (including phenoxy) is 1. The molecule has 68 valence electrons. The first kappa shape index (κ1) is 9.71. The summed E-state index contributed by atoms with van der Waals surface area (Å²) in [6.07, 6.45) is 2.75. The van der Waals surface area contributed by atoms with Crippen LogP contribution in [0.5, 0.6) is 0 Å². The van der Waals surface area contributed by atoms with Gasteiger partial charge in [-0.1, -0.05) is 0 Å². The van der Waals surface area contributed by atoms with Gasteiger partial charge in [0, 0.05) is 12.8 Å². The van der Waals surface area contributed by atoms with Crippen molar-refractivity contribution in [2.75, 3.05) is 6.61 Å². The minimum Gasteiger partial charge on any atom is -0.465 e. The number of ketones is 1. The van der Waals surface area contributed by atoms with Crippen LogP contribution >= 0.6 is 17.0 Å². The smallest absolute Gasteiger partial charge is 0.319 e. The second-order valence-electron chi connectivity index (χ2n) is 3.24. The molecule has 1 saturated heterocycles. The first-order valence-electron chi connectivity index (χ1n) is 3.96. The van der Waals surface area contributed by atoms with E-state index in [1.165, 1.54) is 0 Å². The number of rotatable bonds is 0. The van der Waals surface area contributed by atoms with Gasteiger partial charge in [0.2, 0.25) is 0 Å². The van der Waals surface area contributed by atoms with Crippen molar-refractivity contribution in [3.63, 3.8) is 0 Å². The van der Waals surface area contributed by atoms with Gasteiger partial charge in [-0.3, -0.25) is 9.59 Å². The molecule has 1 saturated carbocycles. The molecule has 12 heavy (non-hydrogen) atoms. The third-order valence-electron chi connectivity index (χ3n) is 2.69. The van der Waals surface area contributed by atoms with E-state index in [1.54, 1.807) is 0 Å². The van der Waals surface area contributed by atoms with Crippen LogP contribution in [0.3, 0.4) is 0 Å². The molecule has 1 spiro atoms. The molecule has 0 aromatic heterocycles. The summed E-state index contributed by atoms with van der Waals surface area (Å²) < 4.78 is 4.80. The lowest BCUT2D eigenvalue weighted by molar-refractivity contribution is -0.149. The maximum atomic E-state index is 11.3. The quantitative estimate of drug-likeness (QED) is 0.468. The summed E-state index contributed by atoms with van der Waals surface area (Å²) in [5.41, 5.74) is -0.694. The summed E-state index contributed by atoms with van der Waals surface area (Å²) in [7, 11) is 0. The Kier molecular flexibility index (Phi) is 2.56. The van der Waals surface area contributed by atoms with E-state index in [9.17, 15) is 9.59 Å². The second-order valence-corrected chi connectivity index (χ2v) is 3.24. The first-order chi connectivity index (χ1) is 5.26. The molecule has 0 aromatic carbocycles. The molecule has 4 heteroatoms. The Hall–Kier alpha value is -0.380. The fourth-order valence-electron chi connectivity index (χ4n) is 1.97. The van der Waals surface area contributed by atoms with Crippen molar-refractivity contribution in [1.82, 2.24) is 0 Å². The molecule has 1 unspecified atom stereocenters. The van der Waals surface area contributed by atoms with Gasteiger partial charge in [-0.15, -0.1) is 17.0 Å². The van der Waals surface area contributed by atoms with E-state index in [0.29, 0.717) is 25.9 Å². The number of hydrogen-bond donors (Lipinski definition) is 0. The van der Waals surface area contributed by atoms with Gasteiger partial charge in [-0.25, -0.2) is 0 Å². The van der Waals surface area contributed by atoms with Crippen LogP contribution in [-0.2, 0) is 14.3 Å². The van der Waals surface area contributed by atoms with Crippen LogP contribution in [0, 0.1) is 5.41 Å². The Morgan fingerprint density at radius 2 is 2.00 bits per heavy atom. The van der Waals surface area contributed by atoms with E-state index in [-0.39, 0.29) is 28.7 Å². The molecule has 2 fully saturated rings. The summed E-state index contributed by atoms with van der Waals surface area (Å²) in [4.78, 5) is 22.5. The average Bonchev–Trinajstić information content (AvgIpc) is 2.48. The van der Waals surface area contributed by atoms with Gasteiger partial charge in [0.15, 0.2) is 0 Å². The van der Waals surface area contributed by atoms with Crippen LogP contribution in [-0.4, -0.2) is 18.4 Å². The molecule has 0 bridgehead atoms. The van der Waals surface area contributed by atoms with Crippen LogP contribution in [0.1, 0.15) is 25.7 Å². The standard InChI is InChI=1S/C8H10O3.BrH/c9-6-2-1-3-8(6)4-5-11-7(8)10;/h1-5H2;1H. The molecule has 3 nitrogen and oxygen atoms in total. The number of Topliss-reactive ketones (excluding diaryl/α,β-unsaturated/α-hetero) is 1. The van der Waals surface area contributed by atoms with Crippen LogP contribution in [0.25, 0.3) is 0 Å². The Labute approximate surface area is 81.2 Å². The van der Waals surface area contributed by atoms with Crippen molar-refractivity contribution >= 4 is 28.7 Å². The zero-order valence-corrected chi connectivity index (χ0v) is 8.38. The highest BCUT2D eigenvalue weighted by Gasteiger charge is 2.52. The number of carbonyl (C=O) groups excluding carboxylic acids is 2. The van der Waals surface area contributed by atoms with Crippen molar-refractivity contribution in [3.8, 4) is 0 Å². The number of carbonyl (C=O) groups is 2. The summed E-state index contributed by atoms with van der Waals surface area (Å²) in [6.45, 7) is 0.435. The average molecular weight is 235 g/mol. The summed E-state index contributed by atoms with van der Waals surface area (Å²) in [5.74, 6) is -0.181. The highest BCUT2D eigenvalue weighted by molar-refractivity contribution is 8.93. The maximum Gasteiger partial charge on any atom is 0.319 e. The zero-order chi connectivity index (χ0) is 7.90. The monoisotopic (exact) mass is 234 g/mol. The summed E-state index contributed by atoms with van der Waals surface area (Å²) >= 11 is 0. The van der Waals surface area contributed by atoms with Crippen LogP contribution < -0.4 is 0 Å². The SMILES string of the molecule is Br.O=C1CCCC12CCOC2=O. The molecule has 1 atom stereocenters. The minimum absolute atomic E-state index is 0. The van der Waals surface area contributed by atoms with E-state index < -0.39 is 5.41 Å². The third kappa shape index (κ3) is 1.09. The lowest BCUT2D eigenvalue weighted by Crippen LogP contribution is -2.30. The van der Waals surface area contributed by atoms with Gasteiger partial charge >= 0.3 is 5.97 Å². The zero-order valence-electron chi connectivity index (χ0n) is 6.67.